The zero-order chi connectivity index (χ0) is 16.4. The van der Waals surface area contributed by atoms with Gasteiger partial charge in [-0.2, -0.15) is 0 Å². The molecule has 0 radical (unpaired) electrons. The van der Waals surface area contributed by atoms with Gasteiger partial charge in [0.1, 0.15) is 5.00 Å². The van der Waals surface area contributed by atoms with Crippen LogP contribution in [0.5, 0.6) is 0 Å². The van der Waals surface area contributed by atoms with Crippen LogP contribution < -0.4 is 16.0 Å². The fourth-order valence-electron chi connectivity index (χ4n) is 2.26. The summed E-state index contributed by atoms with van der Waals surface area (Å²) in [6.45, 7) is 3.82. The lowest BCUT2D eigenvalue weighted by atomic mass is 10.1. The number of hydrogen-bond acceptors (Lipinski definition) is 4. The molecule has 0 saturated heterocycles. The molecule has 6 heteroatoms. The molecular weight excluding hydrogens is 298 g/mol. The van der Waals surface area contributed by atoms with E-state index in [1.54, 1.807) is 12.1 Å². The molecule has 0 aliphatic rings. The summed E-state index contributed by atoms with van der Waals surface area (Å²) in [6.07, 6.45) is 0. The van der Waals surface area contributed by atoms with Gasteiger partial charge < -0.3 is 16.0 Å². The lowest BCUT2D eigenvalue weighted by molar-refractivity contribution is 0.100. The molecule has 0 atom stereocenters. The molecule has 1 heterocycles. The number of carbonyl (C=O) groups excluding carboxylic acids is 2. The van der Waals surface area contributed by atoms with Gasteiger partial charge in [-0.1, -0.05) is 0 Å². The molecule has 2 aromatic rings. The van der Waals surface area contributed by atoms with E-state index >= 15 is 0 Å². The van der Waals surface area contributed by atoms with E-state index in [0.717, 1.165) is 16.1 Å². The van der Waals surface area contributed by atoms with Crippen LogP contribution in [0, 0.1) is 13.8 Å². The Morgan fingerprint density at radius 1 is 1.18 bits per heavy atom. The van der Waals surface area contributed by atoms with Crippen LogP contribution in [0.25, 0.3) is 0 Å². The molecule has 0 aliphatic heterocycles. The molecule has 0 unspecified atom stereocenters. The van der Waals surface area contributed by atoms with Crippen LogP contribution in [0.1, 0.15) is 31.2 Å². The van der Waals surface area contributed by atoms with Gasteiger partial charge in [-0.25, -0.2) is 0 Å². The summed E-state index contributed by atoms with van der Waals surface area (Å²) in [7, 11) is 3.91. The predicted octanol–water partition coefficient (Wildman–Crippen LogP) is 2.78. The summed E-state index contributed by atoms with van der Waals surface area (Å²) in [6, 6.07) is 7.18. The average Bonchev–Trinajstić information content (AvgIpc) is 2.79. The standard InChI is InChI=1S/C16H19N3O2S/c1-9-7-11(5-6-13(9)19(3)4)15(21)18-16-12(14(17)20)8-10(2)22-16/h5-8H,1-4H3,(H2,17,20)(H,18,21). The van der Waals surface area contributed by atoms with Crippen LogP contribution in [0.3, 0.4) is 0 Å². The summed E-state index contributed by atoms with van der Waals surface area (Å²) in [5.74, 6) is -0.795. The third kappa shape index (κ3) is 3.28. The fraction of sp³-hybridized carbons (Fsp3) is 0.250. The Bertz CT molecular complexity index is 735. The van der Waals surface area contributed by atoms with Crippen molar-refractivity contribution in [2.75, 3.05) is 24.3 Å². The van der Waals surface area contributed by atoms with Crippen molar-refractivity contribution in [2.24, 2.45) is 5.73 Å². The molecule has 1 aromatic carbocycles. The number of nitrogens with two attached hydrogens (primary N) is 1. The molecule has 0 fully saturated rings. The van der Waals surface area contributed by atoms with E-state index in [2.05, 4.69) is 5.32 Å². The van der Waals surface area contributed by atoms with Crippen molar-refractivity contribution in [3.05, 3.63) is 45.8 Å². The number of thiophene rings is 1. The van der Waals surface area contributed by atoms with Crippen LogP contribution in [0.15, 0.2) is 24.3 Å². The van der Waals surface area contributed by atoms with E-state index in [1.807, 2.05) is 45.0 Å². The summed E-state index contributed by atoms with van der Waals surface area (Å²) in [4.78, 5) is 26.7. The number of anilines is 2. The minimum absolute atomic E-state index is 0.252. The SMILES string of the molecule is Cc1cc(C(N)=O)c(NC(=O)c2ccc(N(C)C)c(C)c2)s1. The van der Waals surface area contributed by atoms with E-state index in [0.29, 0.717) is 16.1 Å². The fourth-order valence-corrected chi connectivity index (χ4v) is 3.18. The van der Waals surface area contributed by atoms with Crippen molar-refractivity contribution in [1.82, 2.24) is 0 Å². The minimum Gasteiger partial charge on any atom is -0.377 e. The average molecular weight is 317 g/mol. The number of carbonyl (C=O) groups is 2. The van der Waals surface area contributed by atoms with Gasteiger partial charge in [0.15, 0.2) is 0 Å². The Morgan fingerprint density at radius 3 is 2.41 bits per heavy atom. The second-order valence-electron chi connectivity index (χ2n) is 5.31. The minimum atomic E-state index is -0.543. The lowest BCUT2D eigenvalue weighted by Crippen LogP contribution is -2.17. The number of aryl methyl sites for hydroxylation is 2. The smallest absolute Gasteiger partial charge is 0.256 e. The summed E-state index contributed by atoms with van der Waals surface area (Å²) in [5, 5.41) is 3.26. The molecular formula is C16H19N3O2S. The van der Waals surface area contributed by atoms with Crippen LogP contribution in [-0.4, -0.2) is 25.9 Å². The topological polar surface area (TPSA) is 75.4 Å². The zero-order valence-corrected chi connectivity index (χ0v) is 13.9. The van der Waals surface area contributed by atoms with E-state index in [4.69, 9.17) is 5.73 Å². The maximum Gasteiger partial charge on any atom is 0.256 e. The molecule has 1 aromatic heterocycles. The number of benzene rings is 1. The Balaban J connectivity index is 2.26. The molecule has 0 spiro atoms. The molecule has 0 bridgehead atoms. The maximum atomic E-state index is 12.4. The van der Waals surface area contributed by atoms with Crippen molar-refractivity contribution in [2.45, 2.75) is 13.8 Å². The highest BCUT2D eigenvalue weighted by atomic mass is 32.1. The van der Waals surface area contributed by atoms with Crippen molar-refractivity contribution in [3.8, 4) is 0 Å². The maximum absolute atomic E-state index is 12.4. The highest BCUT2D eigenvalue weighted by Gasteiger charge is 2.16. The van der Waals surface area contributed by atoms with Crippen molar-refractivity contribution >= 4 is 33.8 Å². The van der Waals surface area contributed by atoms with Crippen LogP contribution in [0.4, 0.5) is 10.7 Å². The third-order valence-electron chi connectivity index (χ3n) is 3.29. The number of primary amides is 1. The van der Waals surface area contributed by atoms with Crippen molar-refractivity contribution in [3.63, 3.8) is 0 Å². The summed E-state index contributed by atoms with van der Waals surface area (Å²) < 4.78 is 0. The number of nitrogens with one attached hydrogen (secondary N) is 1. The Morgan fingerprint density at radius 2 is 1.86 bits per heavy atom. The molecule has 5 nitrogen and oxygen atoms in total. The highest BCUT2D eigenvalue weighted by Crippen LogP contribution is 2.28. The first-order valence-electron chi connectivity index (χ1n) is 6.79. The first-order chi connectivity index (χ1) is 10.3. The van der Waals surface area contributed by atoms with Gasteiger partial charge in [0.05, 0.1) is 5.56 Å². The van der Waals surface area contributed by atoms with E-state index in [9.17, 15) is 9.59 Å². The Hall–Kier alpha value is -2.34. The number of amides is 2. The van der Waals surface area contributed by atoms with Gasteiger partial charge in [0.25, 0.3) is 11.8 Å². The van der Waals surface area contributed by atoms with Gasteiger partial charge in [0, 0.05) is 30.2 Å². The van der Waals surface area contributed by atoms with Crippen molar-refractivity contribution in [1.29, 1.82) is 0 Å². The van der Waals surface area contributed by atoms with Crippen LogP contribution >= 0.6 is 11.3 Å². The first kappa shape index (κ1) is 16.0. The van der Waals surface area contributed by atoms with Crippen molar-refractivity contribution < 1.29 is 9.59 Å². The van der Waals surface area contributed by atoms with Gasteiger partial charge in [-0.05, 0) is 43.7 Å². The first-order valence-corrected chi connectivity index (χ1v) is 7.61. The third-order valence-corrected chi connectivity index (χ3v) is 4.25. The quantitative estimate of drug-likeness (QED) is 0.910. The van der Waals surface area contributed by atoms with Gasteiger partial charge >= 0.3 is 0 Å². The van der Waals surface area contributed by atoms with Crippen LogP contribution in [-0.2, 0) is 0 Å². The molecule has 2 rings (SSSR count). The van der Waals surface area contributed by atoms with Gasteiger partial charge in [0.2, 0.25) is 0 Å². The zero-order valence-electron chi connectivity index (χ0n) is 13.1. The molecule has 3 N–H and O–H groups in total. The number of rotatable bonds is 4. The van der Waals surface area contributed by atoms with Gasteiger partial charge in [-0.15, -0.1) is 11.3 Å². The summed E-state index contributed by atoms with van der Waals surface area (Å²) in [5.41, 5.74) is 8.29. The number of nitrogens with zero attached hydrogens (tertiary/aromatic N) is 1. The number of hydrogen-bond donors (Lipinski definition) is 2. The van der Waals surface area contributed by atoms with Gasteiger partial charge in [-0.3, -0.25) is 9.59 Å². The second kappa shape index (κ2) is 6.19. The molecule has 116 valence electrons. The molecule has 0 saturated carbocycles. The van der Waals surface area contributed by atoms with Crippen LogP contribution in [0.2, 0.25) is 0 Å². The Kier molecular flexibility index (Phi) is 4.51. The van der Waals surface area contributed by atoms with E-state index in [1.165, 1.54) is 11.3 Å². The van der Waals surface area contributed by atoms with E-state index < -0.39 is 5.91 Å². The molecule has 22 heavy (non-hydrogen) atoms. The highest BCUT2D eigenvalue weighted by molar-refractivity contribution is 7.16. The lowest BCUT2D eigenvalue weighted by Gasteiger charge is -2.16. The monoisotopic (exact) mass is 317 g/mol. The molecule has 0 aliphatic carbocycles. The van der Waals surface area contributed by atoms with E-state index in [-0.39, 0.29) is 5.91 Å². The normalized spacial score (nSPS) is 10.4. The summed E-state index contributed by atoms with van der Waals surface area (Å²) >= 11 is 1.34. The second-order valence-corrected chi connectivity index (χ2v) is 6.57. The molecule has 2 amide bonds. The Labute approximate surface area is 133 Å². The largest absolute Gasteiger partial charge is 0.377 e. The predicted molar refractivity (Wildman–Crippen MR) is 91.0 cm³/mol.